The van der Waals surface area contributed by atoms with Gasteiger partial charge in [-0.25, -0.2) is 4.99 Å². The lowest BCUT2D eigenvalue weighted by atomic mass is 10.00. The summed E-state index contributed by atoms with van der Waals surface area (Å²) in [5.41, 5.74) is 2.41. The Morgan fingerprint density at radius 2 is 1.81 bits per heavy atom. The number of hydrogen-bond donors (Lipinski definition) is 1. The van der Waals surface area contributed by atoms with Gasteiger partial charge in [-0.3, -0.25) is 4.79 Å². The summed E-state index contributed by atoms with van der Waals surface area (Å²) in [7, 11) is 0. The molecule has 0 saturated carbocycles. The van der Waals surface area contributed by atoms with Gasteiger partial charge in [-0.15, -0.1) is 24.0 Å². The molecule has 1 aromatic rings. The van der Waals surface area contributed by atoms with Crippen molar-refractivity contribution in [2.24, 2.45) is 10.9 Å². The first-order valence-corrected chi connectivity index (χ1v) is 10.0. The highest BCUT2D eigenvalue weighted by molar-refractivity contribution is 14.0. The van der Waals surface area contributed by atoms with Crippen LogP contribution in [0.4, 0.5) is 0 Å². The first-order valence-electron chi connectivity index (χ1n) is 10.0. The van der Waals surface area contributed by atoms with Crippen LogP contribution in [-0.2, 0) is 17.9 Å². The van der Waals surface area contributed by atoms with Gasteiger partial charge in [0.25, 0.3) is 0 Å². The molecule has 0 aromatic heterocycles. The van der Waals surface area contributed by atoms with Gasteiger partial charge in [0.15, 0.2) is 5.96 Å². The summed E-state index contributed by atoms with van der Waals surface area (Å²) in [6.07, 6.45) is 4.19. The molecule has 0 spiro atoms. The fraction of sp³-hybridized carbons (Fsp3) is 0.619. The molecule has 5 nitrogen and oxygen atoms in total. The highest BCUT2D eigenvalue weighted by Crippen LogP contribution is 2.17. The number of nitrogens with one attached hydrogen (secondary N) is 1. The largest absolute Gasteiger partial charge is 0.357 e. The number of amides is 1. The monoisotopic (exact) mass is 484 g/mol. The lowest BCUT2D eigenvalue weighted by Gasteiger charge is -2.33. The second-order valence-corrected chi connectivity index (χ2v) is 7.58. The van der Waals surface area contributed by atoms with E-state index in [0.717, 1.165) is 51.0 Å². The number of aliphatic imine (C=N–C) groups is 1. The Labute approximate surface area is 180 Å². The molecule has 2 heterocycles. The van der Waals surface area contributed by atoms with Gasteiger partial charge in [0.1, 0.15) is 0 Å². The van der Waals surface area contributed by atoms with Gasteiger partial charge >= 0.3 is 0 Å². The molecule has 2 saturated heterocycles. The molecule has 6 heteroatoms. The SMILES string of the molecule is CCNC(=NCc1ccc(CN2CCCC2=O)cc1)N1CCC(C)CC1.I. The summed E-state index contributed by atoms with van der Waals surface area (Å²) < 4.78 is 0. The number of guanidine groups is 1. The van der Waals surface area contributed by atoms with Crippen LogP contribution in [0.1, 0.15) is 50.7 Å². The standard InChI is InChI=1S/C21H32N4O.HI/c1-3-22-21(24-13-10-17(2)11-14-24)23-15-18-6-8-19(9-7-18)16-25-12-4-5-20(25)26;/h6-9,17H,3-5,10-16H2,1-2H3,(H,22,23);1H. The minimum Gasteiger partial charge on any atom is -0.357 e. The predicted molar refractivity (Wildman–Crippen MR) is 121 cm³/mol. The topological polar surface area (TPSA) is 47.9 Å². The van der Waals surface area contributed by atoms with Crippen LogP contribution in [0.3, 0.4) is 0 Å². The van der Waals surface area contributed by atoms with Gasteiger partial charge < -0.3 is 15.1 Å². The number of carbonyl (C=O) groups is 1. The fourth-order valence-electron chi connectivity index (χ4n) is 3.65. The van der Waals surface area contributed by atoms with Crippen molar-refractivity contribution in [2.75, 3.05) is 26.2 Å². The van der Waals surface area contributed by atoms with Crippen LogP contribution < -0.4 is 5.32 Å². The quantitative estimate of drug-likeness (QED) is 0.395. The molecule has 27 heavy (non-hydrogen) atoms. The van der Waals surface area contributed by atoms with Gasteiger partial charge in [-0.05, 0) is 43.2 Å². The molecule has 3 rings (SSSR count). The molecule has 2 aliphatic rings. The molecule has 0 radical (unpaired) electrons. The molecule has 0 aliphatic carbocycles. The zero-order valence-corrected chi connectivity index (χ0v) is 18.9. The van der Waals surface area contributed by atoms with Crippen LogP contribution in [0.15, 0.2) is 29.3 Å². The Balaban J connectivity index is 0.00000261. The first-order chi connectivity index (χ1) is 12.7. The van der Waals surface area contributed by atoms with E-state index in [9.17, 15) is 4.79 Å². The van der Waals surface area contributed by atoms with E-state index in [-0.39, 0.29) is 29.9 Å². The normalized spacial score (nSPS) is 18.6. The second kappa shape index (κ2) is 10.9. The number of rotatable bonds is 5. The van der Waals surface area contributed by atoms with E-state index < -0.39 is 0 Å². The average molecular weight is 484 g/mol. The molecule has 1 aromatic carbocycles. The maximum Gasteiger partial charge on any atom is 0.222 e. The molecule has 150 valence electrons. The molecule has 2 fully saturated rings. The summed E-state index contributed by atoms with van der Waals surface area (Å²) in [5.74, 6) is 2.14. The van der Waals surface area contributed by atoms with Crippen molar-refractivity contribution >= 4 is 35.8 Å². The van der Waals surface area contributed by atoms with Crippen molar-refractivity contribution in [1.29, 1.82) is 0 Å². The molecule has 0 atom stereocenters. The summed E-state index contributed by atoms with van der Waals surface area (Å²) in [6, 6.07) is 8.54. The number of nitrogens with zero attached hydrogens (tertiary/aromatic N) is 3. The third-order valence-corrected chi connectivity index (χ3v) is 5.40. The van der Waals surface area contributed by atoms with E-state index in [1.165, 1.54) is 24.0 Å². The van der Waals surface area contributed by atoms with Crippen molar-refractivity contribution in [2.45, 2.75) is 52.6 Å². The minimum atomic E-state index is 0. The lowest BCUT2D eigenvalue weighted by Crippen LogP contribution is -2.45. The van der Waals surface area contributed by atoms with Crippen LogP contribution in [0.2, 0.25) is 0 Å². The molecular formula is C21H33IN4O. The van der Waals surface area contributed by atoms with Gasteiger partial charge in [0, 0.05) is 39.1 Å². The van der Waals surface area contributed by atoms with Gasteiger partial charge in [0.2, 0.25) is 5.91 Å². The molecule has 1 N–H and O–H groups in total. The number of hydrogen-bond acceptors (Lipinski definition) is 2. The van der Waals surface area contributed by atoms with Crippen molar-refractivity contribution in [3.63, 3.8) is 0 Å². The molecule has 0 bridgehead atoms. The van der Waals surface area contributed by atoms with Gasteiger partial charge in [0.05, 0.1) is 6.54 Å². The minimum absolute atomic E-state index is 0. The highest BCUT2D eigenvalue weighted by atomic mass is 127. The van der Waals surface area contributed by atoms with E-state index in [1.54, 1.807) is 0 Å². The average Bonchev–Trinajstić information content (AvgIpc) is 3.05. The Kier molecular flexibility index (Phi) is 8.86. The second-order valence-electron chi connectivity index (χ2n) is 7.58. The zero-order valence-electron chi connectivity index (χ0n) is 16.6. The van der Waals surface area contributed by atoms with Gasteiger partial charge in [-0.1, -0.05) is 31.2 Å². The Morgan fingerprint density at radius 1 is 1.15 bits per heavy atom. The zero-order chi connectivity index (χ0) is 18.4. The number of halogens is 1. The third kappa shape index (κ3) is 6.36. The fourth-order valence-corrected chi connectivity index (χ4v) is 3.65. The summed E-state index contributed by atoms with van der Waals surface area (Å²) in [6.45, 7) is 9.86. The van der Waals surface area contributed by atoms with E-state index in [0.29, 0.717) is 13.0 Å². The highest BCUT2D eigenvalue weighted by Gasteiger charge is 2.20. The third-order valence-electron chi connectivity index (χ3n) is 5.40. The van der Waals surface area contributed by atoms with Crippen LogP contribution in [0, 0.1) is 5.92 Å². The molecule has 2 aliphatic heterocycles. The number of piperidine rings is 1. The summed E-state index contributed by atoms with van der Waals surface area (Å²) >= 11 is 0. The first kappa shape index (κ1) is 22.0. The van der Waals surface area contributed by atoms with E-state index >= 15 is 0 Å². The Morgan fingerprint density at radius 3 is 2.41 bits per heavy atom. The molecule has 0 unspecified atom stereocenters. The van der Waals surface area contributed by atoms with Crippen molar-refractivity contribution < 1.29 is 4.79 Å². The van der Waals surface area contributed by atoms with Crippen molar-refractivity contribution in [3.8, 4) is 0 Å². The summed E-state index contributed by atoms with van der Waals surface area (Å²) in [4.78, 5) is 20.9. The maximum atomic E-state index is 11.8. The van der Waals surface area contributed by atoms with Crippen molar-refractivity contribution in [1.82, 2.24) is 15.1 Å². The molecular weight excluding hydrogens is 451 g/mol. The molecule has 1 amide bonds. The van der Waals surface area contributed by atoms with Crippen LogP contribution in [-0.4, -0.2) is 47.8 Å². The number of carbonyl (C=O) groups excluding carboxylic acids is 1. The van der Waals surface area contributed by atoms with Crippen LogP contribution in [0.25, 0.3) is 0 Å². The van der Waals surface area contributed by atoms with E-state index in [2.05, 4.69) is 48.3 Å². The summed E-state index contributed by atoms with van der Waals surface area (Å²) in [5, 5.41) is 3.43. The number of likely N-dealkylation sites (tertiary alicyclic amines) is 2. The Hall–Kier alpha value is -1.31. The smallest absolute Gasteiger partial charge is 0.222 e. The van der Waals surface area contributed by atoms with Gasteiger partial charge in [-0.2, -0.15) is 0 Å². The predicted octanol–water partition coefficient (Wildman–Crippen LogP) is 3.62. The number of benzene rings is 1. The Bertz CT molecular complexity index is 624. The maximum absolute atomic E-state index is 11.8. The van der Waals surface area contributed by atoms with E-state index in [4.69, 9.17) is 4.99 Å². The van der Waals surface area contributed by atoms with E-state index in [1.807, 2.05) is 4.90 Å². The lowest BCUT2D eigenvalue weighted by molar-refractivity contribution is -0.128. The van der Waals surface area contributed by atoms with Crippen LogP contribution in [0.5, 0.6) is 0 Å². The van der Waals surface area contributed by atoms with Crippen LogP contribution >= 0.6 is 24.0 Å². The van der Waals surface area contributed by atoms with Crippen molar-refractivity contribution in [3.05, 3.63) is 35.4 Å².